The van der Waals surface area contributed by atoms with E-state index in [9.17, 15) is 19.5 Å². The lowest BCUT2D eigenvalue weighted by Gasteiger charge is -2.34. The molecule has 0 aliphatic carbocycles. The van der Waals surface area contributed by atoms with Crippen LogP contribution in [0.15, 0.2) is 60.8 Å². The highest BCUT2D eigenvalue weighted by Crippen LogP contribution is 2.12. The first-order chi connectivity index (χ1) is 25.1. The Bertz CT molecular complexity index is 1040. The Balaban J connectivity index is 4.49. The number of likely N-dealkylation sites (N-methyl/N-ethyl adjacent to an activating group) is 1. The van der Waals surface area contributed by atoms with Crippen LogP contribution in [0.25, 0.3) is 0 Å². The quantitative estimate of drug-likeness (QED) is 0.0277. The number of aliphatic carboxylic acids is 1. The van der Waals surface area contributed by atoms with Crippen LogP contribution in [-0.4, -0.2) is 75.5 Å². The Morgan fingerprint density at radius 1 is 0.577 bits per heavy atom. The fourth-order valence-corrected chi connectivity index (χ4v) is 5.39. The van der Waals surface area contributed by atoms with Crippen molar-refractivity contribution < 1.29 is 38.2 Å². The van der Waals surface area contributed by atoms with Gasteiger partial charge >= 0.3 is 11.9 Å². The molecule has 8 nitrogen and oxygen atoms in total. The Morgan fingerprint density at radius 2 is 1.06 bits per heavy atom. The van der Waals surface area contributed by atoms with Gasteiger partial charge in [0, 0.05) is 19.3 Å². The van der Waals surface area contributed by atoms with Crippen molar-refractivity contribution in [3.63, 3.8) is 0 Å². The van der Waals surface area contributed by atoms with E-state index in [1.165, 1.54) is 38.5 Å². The second kappa shape index (κ2) is 35.1. The first kappa shape index (κ1) is 49.0. The van der Waals surface area contributed by atoms with Crippen molar-refractivity contribution in [2.75, 3.05) is 41.0 Å². The van der Waals surface area contributed by atoms with Gasteiger partial charge in [-0.15, -0.1) is 0 Å². The van der Waals surface area contributed by atoms with Crippen molar-refractivity contribution in [1.29, 1.82) is 0 Å². The molecule has 0 heterocycles. The number of quaternary nitrogens is 1. The standard InChI is InChI=1S/C44H75NO7/c1-6-8-10-12-14-16-18-19-20-21-22-23-25-26-28-30-32-34-42(46)51-39-40(38-50-37-36-41(44(48)49)45(3,4)5)52-43(47)35-33-31-29-27-24-17-15-13-11-9-7-2/h13-16,19-20,22-23,26,28,40-41H,6-12,17-18,21,24-25,27,29-39H2,1-5H3/b15-13+,16-14+,20-19+,23-22+,28-26+. The van der Waals surface area contributed by atoms with Gasteiger partial charge in [-0.1, -0.05) is 120 Å². The molecule has 0 aromatic carbocycles. The Labute approximate surface area is 318 Å². The van der Waals surface area contributed by atoms with E-state index in [1.54, 1.807) is 21.1 Å². The zero-order chi connectivity index (χ0) is 38.5. The number of hydrogen-bond acceptors (Lipinski definition) is 7. The number of carbonyl (C=O) groups excluding carboxylic acids is 3. The number of hydrogen-bond donors (Lipinski definition) is 0. The minimum absolute atomic E-state index is 0.0178. The molecular weight excluding hydrogens is 654 g/mol. The first-order valence-electron chi connectivity index (χ1n) is 20.3. The van der Waals surface area contributed by atoms with Gasteiger partial charge in [0.25, 0.3) is 0 Å². The fourth-order valence-electron chi connectivity index (χ4n) is 5.39. The Morgan fingerprint density at radius 3 is 1.63 bits per heavy atom. The second-order valence-electron chi connectivity index (χ2n) is 14.5. The van der Waals surface area contributed by atoms with E-state index in [4.69, 9.17) is 14.2 Å². The molecule has 0 aliphatic rings. The monoisotopic (exact) mass is 730 g/mol. The third kappa shape index (κ3) is 32.9. The molecule has 0 saturated carbocycles. The van der Waals surface area contributed by atoms with E-state index >= 15 is 0 Å². The van der Waals surface area contributed by atoms with Gasteiger partial charge in [0.05, 0.1) is 40.3 Å². The van der Waals surface area contributed by atoms with E-state index in [-0.39, 0.29) is 49.1 Å². The smallest absolute Gasteiger partial charge is 0.306 e. The SMILES string of the molecule is CCCC/C=C/CCCCCCCC(=O)OC(COCCC(C(=O)[O-])[N+](C)(C)C)COC(=O)CCC/C=C/C/C=C/C/C=C/C/C=C/CCCCC. The van der Waals surface area contributed by atoms with E-state index < -0.39 is 18.1 Å². The maximum Gasteiger partial charge on any atom is 0.306 e. The number of carbonyl (C=O) groups is 3. The highest BCUT2D eigenvalue weighted by molar-refractivity contribution is 5.70. The molecule has 0 bridgehead atoms. The van der Waals surface area contributed by atoms with Gasteiger partial charge in [0.2, 0.25) is 0 Å². The minimum Gasteiger partial charge on any atom is -0.544 e. The lowest BCUT2D eigenvalue weighted by atomic mass is 10.1. The average molecular weight is 730 g/mol. The summed E-state index contributed by atoms with van der Waals surface area (Å²) in [6, 6.07) is -0.736. The van der Waals surface area contributed by atoms with Gasteiger partial charge < -0.3 is 28.6 Å². The molecule has 0 aliphatic heterocycles. The average Bonchev–Trinajstić information content (AvgIpc) is 3.09. The predicted molar refractivity (Wildman–Crippen MR) is 212 cm³/mol. The van der Waals surface area contributed by atoms with Crippen LogP contribution in [0.5, 0.6) is 0 Å². The van der Waals surface area contributed by atoms with Gasteiger partial charge in [0.1, 0.15) is 12.6 Å². The number of unbranched alkanes of at least 4 members (excludes halogenated alkanes) is 11. The zero-order valence-corrected chi connectivity index (χ0v) is 33.7. The van der Waals surface area contributed by atoms with Gasteiger partial charge in [-0.2, -0.15) is 0 Å². The van der Waals surface area contributed by atoms with Crippen LogP contribution in [0.2, 0.25) is 0 Å². The summed E-state index contributed by atoms with van der Waals surface area (Å²) in [6.07, 6.45) is 41.1. The normalized spacial score (nSPS) is 13.6. The van der Waals surface area contributed by atoms with Crippen LogP contribution in [0.1, 0.15) is 149 Å². The number of carboxylic acid groups (broad SMARTS) is 1. The van der Waals surface area contributed by atoms with Crippen molar-refractivity contribution in [3.05, 3.63) is 60.8 Å². The topological polar surface area (TPSA) is 102 Å². The van der Waals surface area contributed by atoms with Crippen LogP contribution in [-0.2, 0) is 28.6 Å². The van der Waals surface area contributed by atoms with Gasteiger partial charge in [-0.3, -0.25) is 9.59 Å². The lowest BCUT2D eigenvalue weighted by Crippen LogP contribution is -2.55. The van der Waals surface area contributed by atoms with Gasteiger partial charge in [0.15, 0.2) is 6.10 Å². The molecule has 0 N–H and O–H groups in total. The van der Waals surface area contributed by atoms with Gasteiger partial charge in [-0.05, 0) is 70.6 Å². The molecule has 2 unspecified atom stereocenters. The third-order valence-electron chi connectivity index (χ3n) is 8.63. The molecule has 0 rings (SSSR count). The van der Waals surface area contributed by atoms with E-state index in [2.05, 4.69) is 74.6 Å². The summed E-state index contributed by atoms with van der Waals surface area (Å²) in [6.45, 7) is 4.50. The summed E-state index contributed by atoms with van der Waals surface area (Å²) >= 11 is 0. The Hall–Kier alpha value is -2.97. The van der Waals surface area contributed by atoms with Crippen LogP contribution >= 0.6 is 0 Å². The number of esters is 2. The maximum absolute atomic E-state index is 12.6. The summed E-state index contributed by atoms with van der Waals surface area (Å²) in [5, 5.41) is 11.6. The van der Waals surface area contributed by atoms with Crippen molar-refractivity contribution in [3.8, 4) is 0 Å². The van der Waals surface area contributed by atoms with Crippen LogP contribution in [0.3, 0.4) is 0 Å². The third-order valence-corrected chi connectivity index (χ3v) is 8.63. The highest BCUT2D eigenvalue weighted by atomic mass is 16.6. The van der Waals surface area contributed by atoms with Crippen LogP contribution in [0, 0.1) is 0 Å². The molecular formula is C44H75NO7. The zero-order valence-electron chi connectivity index (χ0n) is 33.7. The number of carboxylic acids is 1. The van der Waals surface area contributed by atoms with Crippen molar-refractivity contribution in [2.45, 2.75) is 161 Å². The lowest BCUT2D eigenvalue weighted by molar-refractivity contribution is -0.889. The molecule has 0 amide bonds. The molecule has 0 saturated heterocycles. The molecule has 0 aromatic rings. The summed E-state index contributed by atoms with van der Waals surface area (Å²) < 4.78 is 17.0. The predicted octanol–water partition coefficient (Wildman–Crippen LogP) is 9.30. The molecule has 0 radical (unpaired) electrons. The van der Waals surface area contributed by atoms with Gasteiger partial charge in [-0.25, -0.2) is 0 Å². The van der Waals surface area contributed by atoms with E-state index in [0.717, 1.165) is 70.6 Å². The van der Waals surface area contributed by atoms with Crippen molar-refractivity contribution >= 4 is 17.9 Å². The van der Waals surface area contributed by atoms with Crippen LogP contribution in [0.4, 0.5) is 0 Å². The van der Waals surface area contributed by atoms with Crippen LogP contribution < -0.4 is 5.11 Å². The second-order valence-corrected chi connectivity index (χ2v) is 14.5. The molecule has 0 aromatic heterocycles. The Kier molecular flexibility index (Phi) is 33.1. The summed E-state index contributed by atoms with van der Waals surface area (Å²) in [4.78, 5) is 36.7. The number of ether oxygens (including phenoxy) is 3. The van der Waals surface area contributed by atoms with Crippen molar-refractivity contribution in [1.82, 2.24) is 0 Å². The van der Waals surface area contributed by atoms with Crippen molar-refractivity contribution in [2.24, 2.45) is 0 Å². The highest BCUT2D eigenvalue weighted by Gasteiger charge is 2.25. The largest absolute Gasteiger partial charge is 0.544 e. The first-order valence-corrected chi connectivity index (χ1v) is 20.3. The summed E-state index contributed by atoms with van der Waals surface area (Å²) in [5.41, 5.74) is 0. The summed E-state index contributed by atoms with van der Waals surface area (Å²) in [7, 11) is 5.37. The molecule has 2 atom stereocenters. The fraction of sp³-hybridized carbons (Fsp3) is 0.705. The molecule has 0 fully saturated rings. The van der Waals surface area contributed by atoms with E-state index in [1.807, 2.05) is 0 Å². The number of allylic oxidation sites excluding steroid dienone is 10. The molecule has 8 heteroatoms. The maximum atomic E-state index is 12.6. The summed E-state index contributed by atoms with van der Waals surface area (Å²) in [5.74, 6) is -1.83. The number of nitrogens with zero attached hydrogens (tertiary/aromatic N) is 1. The molecule has 0 spiro atoms. The minimum atomic E-state index is -1.14. The molecule has 52 heavy (non-hydrogen) atoms. The number of rotatable bonds is 35. The molecule has 298 valence electrons. The van der Waals surface area contributed by atoms with E-state index in [0.29, 0.717) is 12.8 Å².